The van der Waals surface area contributed by atoms with Crippen molar-refractivity contribution < 1.29 is 27.5 Å². The van der Waals surface area contributed by atoms with E-state index in [1.165, 1.54) is 42.5 Å². The van der Waals surface area contributed by atoms with Gasteiger partial charge in [0.1, 0.15) is 5.82 Å². The summed E-state index contributed by atoms with van der Waals surface area (Å²) in [6, 6.07) is 20.4. The highest BCUT2D eigenvalue weighted by Gasteiger charge is 2.37. The summed E-state index contributed by atoms with van der Waals surface area (Å²) in [6.45, 7) is 1.78. The molecule has 11 heteroatoms. The fourth-order valence-corrected chi connectivity index (χ4v) is 6.06. The molecular formula is C28H21ClFN3O5S. The molecule has 39 heavy (non-hydrogen) atoms. The van der Waals surface area contributed by atoms with E-state index >= 15 is 0 Å². The summed E-state index contributed by atoms with van der Waals surface area (Å²) in [6.07, 6.45) is 0. The van der Waals surface area contributed by atoms with Gasteiger partial charge in [0.15, 0.2) is 0 Å². The Morgan fingerprint density at radius 1 is 1.00 bits per heavy atom. The molecule has 198 valence electrons. The van der Waals surface area contributed by atoms with Crippen LogP contribution in [0.1, 0.15) is 43.4 Å². The Hall–Kier alpha value is -4.25. The molecule has 1 aliphatic heterocycles. The molecule has 1 unspecified atom stereocenters. The molecule has 0 saturated carbocycles. The topological polar surface area (TPSA) is 116 Å². The number of hydrazine groups is 1. The zero-order valence-corrected chi connectivity index (χ0v) is 21.9. The van der Waals surface area contributed by atoms with Gasteiger partial charge in [-0.1, -0.05) is 48.0 Å². The van der Waals surface area contributed by atoms with Gasteiger partial charge in [0.25, 0.3) is 15.9 Å². The van der Waals surface area contributed by atoms with Crippen LogP contribution < -0.4 is 15.2 Å². The van der Waals surface area contributed by atoms with Crippen molar-refractivity contribution in [1.29, 1.82) is 0 Å². The first-order valence-corrected chi connectivity index (χ1v) is 13.5. The summed E-state index contributed by atoms with van der Waals surface area (Å²) in [5.74, 6) is -2.67. The second-order valence-electron chi connectivity index (χ2n) is 8.90. The van der Waals surface area contributed by atoms with Gasteiger partial charge in [0, 0.05) is 11.3 Å². The van der Waals surface area contributed by atoms with Gasteiger partial charge in [0.2, 0.25) is 0 Å². The zero-order chi connectivity index (χ0) is 27.9. The number of amides is 1. The number of carboxylic acids is 1. The van der Waals surface area contributed by atoms with E-state index in [9.17, 15) is 27.5 Å². The van der Waals surface area contributed by atoms with Crippen LogP contribution >= 0.6 is 11.6 Å². The number of nitrogens with zero attached hydrogens (tertiary/aromatic N) is 1. The van der Waals surface area contributed by atoms with Crippen LogP contribution in [0.4, 0.5) is 15.8 Å². The second kappa shape index (κ2) is 10.1. The van der Waals surface area contributed by atoms with Crippen molar-refractivity contribution in [1.82, 2.24) is 5.43 Å². The van der Waals surface area contributed by atoms with Crippen LogP contribution in [0.15, 0.2) is 89.8 Å². The summed E-state index contributed by atoms with van der Waals surface area (Å²) >= 11 is 6.03. The van der Waals surface area contributed by atoms with Crippen molar-refractivity contribution in [2.75, 3.05) is 9.73 Å². The predicted molar refractivity (Wildman–Crippen MR) is 145 cm³/mol. The molecule has 4 aromatic rings. The number of benzene rings is 4. The van der Waals surface area contributed by atoms with Crippen molar-refractivity contribution in [3.63, 3.8) is 0 Å². The van der Waals surface area contributed by atoms with E-state index in [0.29, 0.717) is 11.1 Å². The van der Waals surface area contributed by atoms with Gasteiger partial charge in [-0.05, 0) is 66.6 Å². The maximum absolute atomic E-state index is 14.3. The number of halogens is 2. The Balaban J connectivity index is 1.57. The number of carboxylic acid groups (broad SMARTS) is 1. The normalized spacial score (nSPS) is 14.6. The fraction of sp³-hybridized carbons (Fsp3) is 0.0714. The molecule has 0 aromatic heterocycles. The third-order valence-electron chi connectivity index (χ3n) is 6.27. The molecule has 1 amide bonds. The molecular weight excluding hydrogens is 545 g/mol. The lowest BCUT2D eigenvalue weighted by molar-refractivity contribution is 0.0696. The molecule has 0 radical (unpaired) electrons. The minimum atomic E-state index is -4.11. The minimum absolute atomic E-state index is 0.0513. The SMILES string of the molecule is Cc1cccc(S(=O)(=O)N2NC(c3ccc(C(=O)O)cc3)c3ccc(NC(=O)c4c(F)cccc4Cl)cc32)c1. The van der Waals surface area contributed by atoms with Crippen LogP contribution in [-0.4, -0.2) is 25.4 Å². The lowest BCUT2D eigenvalue weighted by Gasteiger charge is -2.21. The molecule has 1 heterocycles. The number of sulfonamides is 1. The highest BCUT2D eigenvalue weighted by molar-refractivity contribution is 7.92. The highest BCUT2D eigenvalue weighted by Crippen LogP contribution is 2.41. The largest absolute Gasteiger partial charge is 0.478 e. The van der Waals surface area contributed by atoms with Gasteiger partial charge in [0.05, 0.1) is 32.8 Å². The Labute approximate surface area is 228 Å². The van der Waals surface area contributed by atoms with E-state index in [1.807, 2.05) is 0 Å². The minimum Gasteiger partial charge on any atom is -0.478 e. The van der Waals surface area contributed by atoms with Gasteiger partial charge in [-0.15, -0.1) is 0 Å². The van der Waals surface area contributed by atoms with Gasteiger partial charge >= 0.3 is 5.97 Å². The zero-order valence-electron chi connectivity index (χ0n) is 20.4. The van der Waals surface area contributed by atoms with Crippen LogP contribution in [-0.2, 0) is 10.0 Å². The van der Waals surface area contributed by atoms with Crippen LogP contribution in [0.2, 0.25) is 5.02 Å². The first-order valence-electron chi connectivity index (χ1n) is 11.7. The first-order chi connectivity index (χ1) is 18.6. The number of aryl methyl sites for hydroxylation is 1. The maximum Gasteiger partial charge on any atom is 0.335 e. The summed E-state index contributed by atoms with van der Waals surface area (Å²) in [4.78, 5) is 24.2. The van der Waals surface area contributed by atoms with Gasteiger partial charge in [-0.3, -0.25) is 4.79 Å². The van der Waals surface area contributed by atoms with E-state index in [0.717, 1.165) is 16.0 Å². The molecule has 3 N–H and O–H groups in total. The van der Waals surface area contributed by atoms with Crippen molar-refractivity contribution in [2.45, 2.75) is 17.9 Å². The smallest absolute Gasteiger partial charge is 0.335 e. The number of rotatable bonds is 6. The summed E-state index contributed by atoms with van der Waals surface area (Å²) < 4.78 is 42.8. The number of anilines is 2. The third kappa shape index (κ3) is 4.97. The molecule has 8 nitrogen and oxygen atoms in total. The number of carbonyl (C=O) groups excluding carboxylic acids is 1. The number of fused-ring (bicyclic) bond motifs is 1. The van der Waals surface area contributed by atoms with Crippen molar-refractivity contribution in [3.05, 3.63) is 124 Å². The van der Waals surface area contributed by atoms with E-state index in [-0.39, 0.29) is 32.4 Å². The van der Waals surface area contributed by atoms with Crippen LogP contribution in [0.25, 0.3) is 0 Å². The molecule has 5 rings (SSSR count). The maximum atomic E-state index is 14.3. The van der Waals surface area contributed by atoms with Crippen molar-refractivity contribution in [2.24, 2.45) is 0 Å². The second-order valence-corrected chi connectivity index (χ2v) is 11.1. The molecule has 1 aliphatic rings. The quantitative estimate of drug-likeness (QED) is 0.283. The van der Waals surface area contributed by atoms with E-state index in [2.05, 4.69) is 10.7 Å². The Bertz CT molecular complexity index is 1710. The number of hydrogen-bond acceptors (Lipinski definition) is 5. The van der Waals surface area contributed by atoms with E-state index < -0.39 is 33.8 Å². The fourth-order valence-electron chi connectivity index (χ4n) is 4.36. The number of aromatic carboxylic acids is 1. The van der Waals surface area contributed by atoms with E-state index in [1.54, 1.807) is 43.3 Å². The van der Waals surface area contributed by atoms with Gasteiger partial charge < -0.3 is 10.4 Å². The molecule has 0 spiro atoms. The Morgan fingerprint density at radius 2 is 1.72 bits per heavy atom. The van der Waals surface area contributed by atoms with Crippen LogP contribution in [0.5, 0.6) is 0 Å². The van der Waals surface area contributed by atoms with Gasteiger partial charge in [-0.2, -0.15) is 12.8 Å². The number of nitrogens with one attached hydrogen (secondary N) is 2. The van der Waals surface area contributed by atoms with Crippen LogP contribution in [0.3, 0.4) is 0 Å². The molecule has 0 aliphatic carbocycles. The summed E-state index contributed by atoms with van der Waals surface area (Å²) in [5.41, 5.74) is 5.16. The average Bonchev–Trinajstić information content (AvgIpc) is 3.28. The highest BCUT2D eigenvalue weighted by atomic mass is 35.5. The van der Waals surface area contributed by atoms with E-state index in [4.69, 9.17) is 11.6 Å². The lowest BCUT2D eigenvalue weighted by atomic mass is 9.98. The van der Waals surface area contributed by atoms with Crippen molar-refractivity contribution in [3.8, 4) is 0 Å². The Kier molecular flexibility index (Phi) is 6.85. The summed E-state index contributed by atoms with van der Waals surface area (Å²) in [5, 5.41) is 11.8. The monoisotopic (exact) mass is 565 g/mol. The Morgan fingerprint density at radius 3 is 2.38 bits per heavy atom. The molecule has 1 atom stereocenters. The number of carbonyl (C=O) groups is 2. The molecule has 0 saturated heterocycles. The molecule has 4 aromatic carbocycles. The lowest BCUT2D eigenvalue weighted by Crippen LogP contribution is -2.40. The van der Waals surface area contributed by atoms with Crippen molar-refractivity contribution >= 4 is 44.9 Å². The number of hydrogen-bond donors (Lipinski definition) is 3. The molecule has 0 fully saturated rings. The predicted octanol–water partition coefficient (Wildman–Crippen LogP) is 5.54. The van der Waals surface area contributed by atoms with Crippen LogP contribution in [0, 0.1) is 12.7 Å². The van der Waals surface area contributed by atoms with Gasteiger partial charge in [-0.25, -0.2) is 14.6 Å². The average molecular weight is 566 g/mol. The molecule has 0 bridgehead atoms. The first kappa shape index (κ1) is 26.4. The third-order valence-corrected chi connectivity index (χ3v) is 8.22. The standard InChI is InChI=1S/C28H21ClFN3O5S/c1-16-4-2-5-20(14-16)39(37,38)33-24-15-19(31-27(34)25-22(29)6-3-7-23(25)30)12-13-21(24)26(32-33)17-8-10-18(11-9-17)28(35)36/h2-15,26,32H,1H3,(H,31,34)(H,35,36). The summed E-state index contributed by atoms with van der Waals surface area (Å²) in [7, 11) is -4.11.